The topological polar surface area (TPSA) is 52.6 Å². The number of amides is 1. The number of rotatable bonds is 2. The zero-order valence-corrected chi connectivity index (χ0v) is 5.88. The summed E-state index contributed by atoms with van der Waals surface area (Å²) >= 11 is 0. The Hall–Kier alpha value is -0.770. The molecular weight excluding hydrogens is 120 g/mol. The van der Waals surface area contributed by atoms with Gasteiger partial charge in [0.25, 0.3) is 0 Å². The molecule has 4 nitrogen and oxygen atoms in total. The van der Waals surface area contributed by atoms with Gasteiger partial charge in [0, 0.05) is 13.1 Å². The third kappa shape index (κ3) is 2.32. The Balaban J connectivity index is 3.83. The first-order valence-electron chi connectivity index (χ1n) is 2.79. The number of hydrogen-bond acceptors (Lipinski definition) is 2. The van der Waals surface area contributed by atoms with Crippen LogP contribution in [0.5, 0.6) is 0 Å². The molecule has 0 aromatic carbocycles. The summed E-state index contributed by atoms with van der Waals surface area (Å²) in [5, 5.41) is 9.53. The Labute approximate surface area is 54.4 Å². The summed E-state index contributed by atoms with van der Waals surface area (Å²) in [5.41, 5.74) is 2.53. The molecule has 0 fully saturated rings. The molecule has 0 spiro atoms. The van der Waals surface area contributed by atoms with Crippen LogP contribution in [0.25, 0.3) is 0 Å². The fourth-order valence-corrected chi connectivity index (χ4v) is 0.575. The second kappa shape index (κ2) is 3.29. The first kappa shape index (κ1) is 8.23. The van der Waals surface area contributed by atoms with Crippen LogP contribution in [0.4, 0.5) is 4.79 Å². The molecule has 0 aromatic rings. The quantitative estimate of drug-likeness (QED) is 0.538. The molecule has 0 aliphatic carbocycles. The molecule has 0 radical (unpaired) electrons. The van der Waals surface area contributed by atoms with Gasteiger partial charge < -0.3 is 5.11 Å². The van der Waals surface area contributed by atoms with Crippen LogP contribution in [0, 0.1) is 0 Å². The molecule has 0 unspecified atom stereocenters. The maximum Gasteiger partial charge on any atom is 0.422 e. The van der Waals surface area contributed by atoms with Gasteiger partial charge in [0.15, 0.2) is 0 Å². The minimum absolute atomic E-state index is 0.0208. The van der Waals surface area contributed by atoms with Crippen LogP contribution in [0.15, 0.2) is 0 Å². The number of hydrogen-bond donors (Lipinski definition) is 2. The van der Waals surface area contributed by atoms with Gasteiger partial charge >= 0.3 is 6.09 Å². The monoisotopic (exact) mass is 132 g/mol. The molecule has 0 atom stereocenters. The normalized spacial score (nSPS) is 9.78. The number of carbonyl (C=O) groups is 1. The zero-order chi connectivity index (χ0) is 7.44. The molecule has 54 valence electrons. The molecule has 0 bridgehead atoms. The molecule has 0 saturated heterocycles. The Morgan fingerprint density at radius 3 is 2.11 bits per heavy atom. The van der Waals surface area contributed by atoms with E-state index < -0.39 is 6.09 Å². The minimum atomic E-state index is -0.951. The summed E-state index contributed by atoms with van der Waals surface area (Å²) in [4.78, 5) is 10.2. The largest absolute Gasteiger partial charge is 0.464 e. The van der Waals surface area contributed by atoms with Crippen molar-refractivity contribution in [3.63, 3.8) is 0 Å². The fraction of sp³-hybridized carbons (Fsp3) is 0.800. The standard InChI is InChI=1S/C5H12N2O2/c1-4(2)7(6-3)5(8)9/h4,6H,1-3H3,(H,8,9). The summed E-state index contributed by atoms with van der Waals surface area (Å²) in [6.45, 7) is 3.59. The summed E-state index contributed by atoms with van der Waals surface area (Å²) in [6, 6.07) is -0.0208. The van der Waals surface area contributed by atoms with E-state index in [1.807, 2.05) is 0 Å². The van der Waals surface area contributed by atoms with Crippen molar-refractivity contribution < 1.29 is 9.90 Å². The first-order chi connectivity index (χ1) is 4.09. The van der Waals surface area contributed by atoms with Crippen molar-refractivity contribution in [2.45, 2.75) is 19.9 Å². The van der Waals surface area contributed by atoms with Crippen molar-refractivity contribution in [2.75, 3.05) is 7.05 Å². The van der Waals surface area contributed by atoms with Gasteiger partial charge in [-0.05, 0) is 13.8 Å². The number of nitrogens with zero attached hydrogens (tertiary/aromatic N) is 1. The molecule has 0 rings (SSSR count). The van der Waals surface area contributed by atoms with Crippen LogP contribution in [-0.2, 0) is 0 Å². The van der Waals surface area contributed by atoms with E-state index in [9.17, 15) is 4.79 Å². The number of nitrogens with one attached hydrogen (secondary N) is 1. The Morgan fingerprint density at radius 1 is 1.67 bits per heavy atom. The minimum Gasteiger partial charge on any atom is -0.464 e. The lowest BCUT2D eigenvalue weighted by molar-refractivity contribution is 0.109. The molecule has 9 heavy (non-hydrogen) atoms. The fourth-order valence-electron chi connectivity index (χ4n) is 0.575. The third-order valence-electron chi connectivity index (χ3n) is 0.963. The second-order valence-electron chi connectivity index (χ2n) is 1.97. The lowest BCUT2D eigenvalue weighted by Crippen LogP contribution is -2.44. The summed E-state index contributed by atoms with van der Waals surface area (Å²) in [6.07, 6.45) is -0.951. The van der Waals surface area contributed by atoms with Gasteiger partial charge in [0.2, 0.25) is 0 Å². The van der Waals surface area contributed by atoms with Crippen molar-refractivity contribution in [1.29, 1.82) is 0 Å². The Bertz CT molecular complexity index is 103. The van der Waals surface area contributed by atoms with Crippen LogP contribution in [0.1, 0.15) is 13.8 Å². The van der Waals surface area contributed by atoms with Crippen LogP contribution in [0.2, 0.25) is 0 Å². The second-order valence-corrected chi connectivity index (χ2v) is 1.97. The molecule has 1 amide bonds. The average molecular weight is 132 g/mol. The average Bonchev–Trinajstić information content (AvgIpc) is 1.64. The van der Waals surface area contributed by atoms with E-state index >= 15 is 0 Å². The van der Waals surface area contributed by atoms with Crippen LogP contribution >= 0.6 is 0 Å². The smallest absolute Gasteiger partial charge is 0.422 e. The Morgan fingerprint density at radius 2 is 2.11 bits per heavy atom. The highest BCUT2D eigenvalue weighted by molar-refractivity contribution is 5.64. The van der Waals surface area contributed by atoms with Crippen molar-refractivity contribution >= 4 is 6.09 Å². The lowest BCUT2D eigenvalue weighted by atomic mass is 10.4. The molecule has 0 aliphatic rings. The highest BCUT2D eigenvalue weighted by atomic mass is 16.4. The molecule has 0 aliphatic heterocycles. The van der Waals surface area contributed by atoms with Gasteiger partial charge in [-0.25, -0.2) is 15.2 Å². The van der Waals surface area contributed by atoms with E-state index in [-0.39, 0.29) is 6.04 Å². The summed E-state index contributed by atoms with van der Waals surface area (Å²) in [7, 11) is 1.58. The third-order valence-corrected chi connectivity index (χ3v) is 0.963. The van der Waals surface area contributed by atoms with Crippen molar-refractivity contribution in [3.05, 3.63) is 0 Å². The highest BCUT2D eigenvalue weighted by Crippen LogP contribution is 1.91. The molecular formula is C5H12N2O2. The Kier molecular flexibility index (Phi) is 3.01. The maximum absolute atomic E-state index is 10.2. The maximum atomic E-state index is 10.2. The summed E-state index contributed by atoms with van der Waals surface area (Å²) in [5.74, 6) is 0. The zero-order valence-electron chi connectivity index (χ0n) is 5.88. The van der Waals surface area contributed by atoms with Crippen molar-refractivity contribution in [3.8, 4) is 0 Å². The van der Waals surface area contributed by atoms with Crippen LogP contribution in [-0.4, -0.2) is 29.3 Å². The van der Waals surface area contributed by atoms with Gasteiger partial charge in [0.05, 0.1) is 0 Å². The van der Waals surface area contributed by atoms with Gasteiger partial charge in [0.1, 0.15) is 0 Å². The van der Waals surface area contributed by atoms with Crippen molar-refractivity contribution in [1.82, 2.24) is 10.4 Å². The summed E-state index contributed by atoms with van der Waals surface area (Å²) < 4.78 is 0. The molecule has 0 saturated carbocycles. The van der Waals surface area contributed by atoms with E-state index in [4.69, 9.17) is 5.11 Å². The van der Waals surface area contributed by atoms with E-state index in [1.54, 1.807) is 20.9 Å². The molecule has 4 heteroatoms. The van der Waals surface area contributed by atoms with E-state index in [1.165, 1.54) is 0 Å². The van der Waals surface area contributed by atoms with E-state index in [0.29, 0.717) is 0 Å². The molecule has 2 N–H and O–H groups in total. The first-order valence-corrected chi connectivity index (χ1v) is 2.79. The highest BCUT2D eigenvalue weighted by Gasteiger charge is 2.11. The van der Waals surface area contributed by atoms with Crippen LogP contribution in [0.3, 0.4) is 0 Å². The SMILES string of the molecule is CNN(C(=O)O)C(C)C. The van der Waals surface area contributed by atoms with Gasteiger partial charge in [-0.15, -0.1) is 0 Å². The van der Waals surface area contributed by atoms with Gasteiger partial charge in [-0.2, -0.15) is 0 Å². The molecule has 0 heterocycles. The lowest BCUT2D eigenvalue weighted by Gasteiger charge is -2.20. The van der Waals surface area contributed by atoms with Crippen LogP contribution < -0.4 is 5.43 Å². The van der Waals surface area contributed by atoms with E-state index in [2.05, 4.69) is 5.43 Å². The molecule has 0 aromatic heterocycles. The predicted molar refractivity (Wildman–Crippen MR) is 34.1 cm³/mol. The van der Waals surface area contributed by atoms with Gasteiger partial charge in [-0.1, -0.05) is 0 Å². The van der Waals surface area contributed by atoms with Gasteiger partial charge in [-0.3, -0.25) is 0 Å². The predicted octanol–water partition coefficient (Wildman–Crippen LogP) is 0.509. The van der Waals surface area contributed by atoms with E-state index in [0.717, 1.165) is 5.01 Å². The number of hydrazine groups is 1. The van der Waals surface area contributed by atoms with Crippen molar-refractivity contribution in [2.24, 2.45) is 0 Å². The number of carboxylic acid groups (broad SMARTS) is 1.